The van der Waals surface area contributed by atoms with Crippen molar-refractivity contribution < 1.29 is 54.8 Å². The Morgan fingerprint density at radius 2 is 1.34 bits per heavy atom. The van der Waals surface area contributed by atoms with Crippen LogP contribution < -0.4 is 5.32 Å². The molecule has 8 N–H and O–H groups in total. The first-order valence-corrected chi connectivity index (χ1v) is 22.2. The molecule has 12 heteroatoms. The van der Waals surface area contributed by atoms with Crippen molar-refractivity contribution in [1.29, 1.82) is 0 Å². The lowest BCUT2D eigenvalue weighted by Gasteiger charge is -2.40. The second-order valence-corrected chi connectivity index (χ2v) is 16.2. The van der Waals surface area contributed by atoms with Crippen LogP contribution in [0, 0.1) is 0 Å². The Morgan fingerprint density at radius 1 is 0.768 bits per heavy atom. The molecule has 0 bridgehead atoms. The van der Waals surface area contributed by atoms with Crippen LogP contribution in [0.1, 0.15) is 174 Å². The summed E-state index contributed by atoms with van der Waals surface area (Å²) in [5, 5.41) is 75.4. The summed E-state index contributed by atoms with van der Waals surface area (Å²) in [7, 11) is 0. The summed E-state index contributed by atoms with van der Waals surface area (Å²) < 4.78 is 11.1. The molecule has 1 saturated heterocycles. The van der Waals surface area contributed by atoms with Gasteiger partial charge in [0.1, 0.15) is 30.5 Å². The van der Waals surface area contributed by atoms with Crippen LogP contribution in [-0.4, -0.2) is 116 Å². The smallest absolute Gasteiger partial charge is 0.220 e. The second kappa shape index (κ2) is 30.3. The summed E-state index contributed by atoms with van der Waals surface area (Å²) in [6, 6.07) is -1.06. The number of ether oxygens (including phenoxy) is 2. The fourth-order valence-corrected chi connectivity index (χ4v) is 7.62. The van der Waals surface area contributed by atoms with Gasteiger partial charge in [-0.05, 0) is 49.7 Å². The van der Waals surface area contributed by atoms with Gasteiger partial charge >= 0.3 is 0 Å². The molecule has 2 aliphatic rings. The number of hydrogen-bond donors (Lipinski definition) is 8. The number of aliphatic hydroxyl groups is 7. The lowest BCUT2D eigenvalue weighted by atomic mass is 9.98. The van der Waals surface area contributed by atoms with Crippen molar-refractivity contribution in [2.75, 3.05) is 13.2 Å². The summed E-state index contributed by atoms with van der Waals surface area (Å²) in [5.41, 5.74) is 1.86. The predicted molar refractivity (Wildman–Crippen MR) is 218 cm³/mol. The van der Waals surface area contributed by atoms with E-state index in [4.69, 9.17) is 9.47 Å². The normalized spacial score (nSPS) is 23.9. The Hall–Kier alpha value is -1.74. The van der Waals surface area contributed by atoms with E-state index in [2.05, 4.69) is 19.2 Å². The first kappa shape index (κ1) is 50.4. The maximum absolute atomic E-state index is 13.1. The van der Waals surface area contributed by atoms with Gasteiger partial charge in [-0.3, -0.25) is 9.59 Å². The fraction of sp³-hybridized carbons (Fsp3) is 0.864. The molecule has 0 spiro atoms. The van der Waals surface area contributed by atoms with E-state index in [-0.39, 0.29) is 24.7 Å². The van der Waals surface area contributed by atoms with E-state index >= 15 is 0 Å². The molecule has 0 saturated carbocycles. The van der Waals surface area contributed by atoms with Gasteiger partial charge in [-0.1, -0.05) is 135 Å². The zero-order chi connectivity index (χ0) is 41.1. The largest absolute Gasteiger partial charge is 0.394 e. The Kier molecular flexibility index (Phi) is 27.3. The molecule has 1 amide bonds. The average Bonchev–Trinajstić information content (AvgIpc) is 3.54. The van der Waals surface area contributed by atoms with Gasteiger partial charge in [-0.25, -0.2) is 0 Å². The van der Waals surface area contributed by atoms with Crippen molar-refractivity contribution >= 4 is 11.7 Å². The number of hydrogen-bond acceptors (Lipinski definition) is 11. The zero-order valence-electron chi connectivity index (χ0n) is 34.7. The van der Waals surface area contributed by atoms with E-state index in [1.54, 1.807) is 6.08 Å². The van der Waals surface area contributed by atoms with Crippen molar-refractivity contribution in [1.82, 2.24) is 5.32 Å². The Labute approximate surface area is 337 Å². The molecule has 2 rings (SSSR count). The molecule has 1 heterocycles. The van der Waals surface area contributed by atoms with E-state index in [1.165, 1.54) is 51.4 Å². The first-order valence-electron chi connectivity index (χ1n) is 22.2. The molecule has 1 fully saturated rings. The Morgan fingerprint density at radius 3 is 1.98 bits per heavy atom. The van der Waals surface area contributed by atoms with Gasteiger partial charge in [0.15, 0.2) is 12.1 Å². The number of amides is 1. The van der Waals surface area contributed by atoms with Gasteiger partial charge in [-0.15, -0.1) is 0 Å². The molecular formula is C44H79NO11. The summed E-state index contributed by atoms with van der Waals surface area (Å²) in [5.74, 6) is -0.177. The number of unbranched alkanes of at least 4 members (excludes halogenated alkanes) is 16. The molecule has 5 unspecified atom stereocenters. The highest BCUT2D eigenvalue weighted by Crippen LogP contribution is 2.29. The van der Waals surface area contributed by atoms with E-state index in [0.29, 0.717) is 38.5 Å². The second-order valence-electron chi connectivity index (χ2n) is 16.2. The summed E-state index contributed by atoms with van der Waals surface area (Å²) in [6.45, 7) is 3.37. The van der Waals surface area contributed by atoms with Crippen LogP contribution in [0.5, 0.6) is 0 Å². The third-order valence-corrected chi connectivity index (χ3v) is 11.3. The van der Waals surface area contributed by atoms with Crippen molar-refractivity contribution in [2.45, 2.75) is 229 Å². The van der Waals surface area contributed by atoms with Gasteiger partial charge in [0.05, 0.1) is 31.5 Å². The minimum Gasteiger partial charge on any atom is -0.394 e. The van der Waals surface area contributed by atoms with Crippen molar-refractivity contribution in [3.8, 4) is 0 Å². The lowest BCUT2D eigenvalue weighted by molar-refractivity contribution is -0.303. The number of carbonyl (C=O) groups excluding carboxylic acids is 2. The number of carbonyl (C=O) groups is 2. The van der Waals surface area contributed by atoms with E-state index < -0.39 is 61.7 Å². The molecule has 12 nitrogen and oxygen atoms in total. The molecule has 9 atom stereocenters. The van der Waals surface area contributed by atoms with E-state index in [1.807, 2.05) is 6.08 Å². The predicted octanol–water partition coefficient (Wildman–Crippen LogP) is 5.60. The Bertz CT molecular complexity index is 1110. The molecule has 0 radical (unpaired) electrons. The minimum absolute atomic E-state index is 0.168. The topological polar surface area (TPSA) is 206 Å². The molecular weight excluding hydrogens is 718 g/mol. The quantitative estimate of drug-likeness (QED) is 0.0384. The van der Waals surface area contributed by atoms with Crippen molar-refractivity contribution in [2.24, 2.45) is 0 Å². The average molecular weight is 798 g/mol. The third-order valence-electron chi connectivity index (χ3n) is 11.3. The van der Waals surface area contributed by atoms with Gasteiger partial charge in [0.2, 0.25) is 5.91 Å². The van der Waals surface area contributed by atoms with Gasteiger partial charge in [-0.2, -0.15) is 0 Å². The van der Waals surface area contributed by atoms with Gasteiger partial charge in [0.25, 0.3) is 0 Å². The van der Waals surface area contributed by atoms with Crippen molar-refractivity contribution in [3.05, 3.63) is 23.3 Å². The number of ketones is 1. The van der Waals surface area contributed by atoms with Gasteiger partial charge < -0.3 is 50.5 Å². The van der Waals surface area contributed by atoms with Crippen LogP contribution in [0.3, 0.4) is 0 Å². The van der Waals surface area contributed by atoms with E-state index in [9.17, 15) is 45.3 Å². The van der Waals surface area contributed by atoms with Crippen LogP contribution in [-0.2, 0) is 19.1 Å². The molecule has 1 aliphatic carbocycles. The Balaban J connectivity index is 1.83. The van der Waals surface area contributed by atoms with Crippen LogP contribution in [0.4, 0.5) is 0 Å². The minimum atomic E-state index is -1.64. The summed E-state index contributed by atoms with van der Waals surface area (Å²) >= 11 is 0. The van der Waals surface area contributed by atoms with Crippen molar-refractivity contribution in [3.63, 3.8) is 0 Å². The highest BCUT2D eigenvalue weighted by molar-refractivity contribution is 5.99. The summed E-state index contributed by atoms with van der Waals surface area (Å²) in [4.78, 5) is 25.6. The molecule has 0 aromatic rings. The maximum Gasteiger partial charge on any atom is 0.220 e. The van der Waals surface area contributed by atoms with Crippen LogP contribution in [0.15, 0.2) is 23.3 Å². The monoisotopic (exact) mass is 798 g/mol. The number of aliphatic hydroxyl groups excluding tert-OH is 7. The lowest BCUT2D eigenvalue weighted by Crippen LogP contribution is -2.60. The first-order chi connectivity index (χ1) is 27.0. The molecule has 0 aromatic heterocycles. The van der Waals surface area contributed by atoms with Gasteiger partial charge in [0, 0.05) is 12.8 Å². The van der Waals surface area contributed by atoms with Crippen LogP contribution >= 0.6 is 0 Å². The standard InChI is InChI=1S/C44H79NO11/c1-3-5-7-8-9-10-11-12-13-14-15-20-24-37(49)40(51)35(31-55-44-43(54)42(53)41(52)38(30-46)56-44)45-39(50)25-21-17-16-19-23-34-32(27-29-36(34)48)26-28-33(47)22-18-6-4-2/h26,28,33,35,37-38,40-44,46-47,49,51-54H,3-25,27,29-31H2,1-2H3,(H,45,50)/t33-,35-,37+,38?,40-,41?,42?,43?,44?/m0/s1. The number of allylic oxidation sites excluding steroid dienone is 3. The van der Waals surface area contributed by atoms with Crippen LogP contribution in [0.2, 0.25) is 0 Å². The molecule has 0 aromatic carbocycles. The SMILES string of the molecule is CCCCCCCCCCCCCC[C@@H](O)[C@@H](O)[C@H](COC1OC(CO)C(O)C(O)C1O)NC(=O)CCCCCCC1=C(C=C[C@@H](O)CCCCC)CCC1=O. The molecule has 56 heavy (non-hydrogen) atoms. The fourth-order valence-electron chi connectivity index (χ4n) is 7.62. The van der Waals surface area contributed by atoms with Crippen LogP contribution in [0.25, 0.3) is 0 Å². The number of Topliss-reactive ketones (excluding diaryl/α,β-unsaturated/α-hetero) is 1. The molecule has 326 valence electrons. The maximum atomic E-state index is 13.1. The molecule has 1 aliphatic heterocycles. The number of rotatable bonds is 33. The highest BCUT2D eigenvalue weighted by Gasteiger charge is 2.44. The zero-order valence-corrected chi connectivity index (χ0v) is 34.7. The van der Waals surface area contributed by atoms with E-state index in [0.717, 1.165) is 75.4 Å². The third kappa shape index (κ3) is 19.8. The highest BCUT2D eigenvalue weighted by atomic mass is 16.7. The summed E-state index contributed by atoms with van der Waals surface area (Å²) in [6.07, 6.45) is 16.5. The number of nitrogens with one attached hydrogen (secondary N) is 1.